The van der Waals surface area contributed by atoms with Crippen molar-refractivity contribution >= 4 is 5.97 Å². The van der Waals surface area contributed by atoms with E-state index in [1.54, 1.807) is 0 Å². The van der Waals surface area contributed by atoms with Gasteiger partial charge in [0.25, 0.3) is 0 Å². The molecule has 1 rings (SSSR count). The van der Waals surface area contributed by atoms with Crippen molar-refractivity contribution in [1.29, 1.82) is 0 Å². The van der Waals surface area contributed by atoms with Crippen LogP contribution >= 0.6 is 0 Å². The molecule has 0 spiro atoms. The fourth-order valence-corrected chi connectivity index (χ4v) is 1.55. The number of likely N-dealkylation sites (tertiary alicyclic amines) is 1. The Morgan fingerprint density at radius 3 is 2.75 bits per heavy atom. The van der Waals surface area contributed by atoms with E-state index in [-0.39, 0.29) is 6.04 Å². The number of unbranched alkanes of at least 4 members (excludes halogenated alkanes) is 2. The van der Waals surface area contributed by atoms with Gasteiger partial charge in [0.15, 0.2) is 0 Å². The van der Waals surface area contributed by atoms with E-state index in [1.807, 2.05) is 0 Å². The molecule has 1 N–H and O–H groups in total. The second-order valence-corrected chi connectivity index (χ2v) is 3.39. The zero-order valence-corrected chi connectivity index (χ0v) is 7.62. The molecule has 12 heavy (non-hydrogen) atoms. The predicted molar refractivity (Wildman–Crippen MR) is 47.1 cm³/mol. The van der Waals surface area contributed by atoms with Crippen molar-refractivity contribution in [2.75, 3.05) is 13.1 Å². The molecule has 1 saturated heterocycles. The molecular weight excluding hydrogens is 154 g/mol. The summed E-state index contributed by atoms with van der Waals surface area (Å²) in [5.41, 5.74) is 0. The van der Waals surface area contributed by atoms with Crippen LogP contribution in [0.15, 0.2) is 0 Å². The molecule has 0 bridgehead atoms. The molecule has 3 nitrogen and oxygen atoms in total. The highest BCUT2D eigenvalue weighted by Crippen LogP contribution is 2.17. The van der Waals surface area contributed by atoms with Gasteiger partial charge in [-0.15, -0.1) is 0 Å². The Hall–Kier alpha value is -0.570. The summed E-state index contributed by atoms with van der Waals surface area (Å²) in [4.78, 5) is 12.6. The third-order valence-corrected chi connectivity index (χ3v) is 2.46. The van der Waals surface area contributed by atoms with Gasteiger partial charge >= 0.3 is 5.97 Å². The minimum absolute atomic E-state index is 0.179. The summed E-state index contributed by atoms with van der Waals surface area (Å²) >= 11 is 0. The first-order valence-electron chi connectivity index (χ1n) is 4.72. The highest BCUT2D eigenvalue weighted by Gasteiger charge is 2.32. The lowest BCUT2D eigenvalue weighted by atomic mass is 10.0. The van der Waals surface area contributed by atoms with E-state index in [1.165, 1.54) is 12.8 Å². The molecule has 0 aliphatic carbocycles. The summed E-state index contributed by atoms with van der Waals surface area (Å²) in [6.07, 6.45) is 4.39. The van der Waals surface area contributed by atoms with Gasteiger partial charge in [-0.1, -0.05) is 19.8 Å². The Morgan fingerprint density at radius 1 is 1.58 bits per heavy atom. The summed E-state index contributed by atoms with van der Waals surface area (Å²) in [7, 11) is 0. The number of rotatable bonds is 5. The molecule has 0 radical (unpaired) electrons. The fraction of sp³-hybridized carbons (Fsp3) is 0.889. The molecule has 70 valence electrons. The quantitative estimate of drug-likeness (QED) is 0.634. The maximum Gasteiger partial charge on any atom is 0.320 e. The SMILES string of the molecule is CCCCCN1CC[C@H]1C(=O)O. The molecule has 0 aromatic carbocycles. The lowest BCUT2D eigenvalue weighted by molar-refractivity contribution is -0.148. The molecule has 0 aromatic heterocycles. The maximum atomic E-state index is 10.6. The zero-order chi connectivity index (χ0) is 8.97. The summed E-state index contributed by atoms with van der Waals surface area (Å²) in [6.45, 7) is 4.09. The van der Waals surface area contributed by atoms with E-state index in [4.69, 9.17) is 5.11 Å². The highest BCUT2D eigenvalue weighted by molar-refractivity contribution is 5.74. The minimum Gasteiger partial charge on any atom is -0.480 e. The van der Waals surface area contributed by atoms with Crippen molar-refractivity contribution in [3.63, 3.8) is 0 Å². The van der Waals surface area contributed by atoms with Gasteiger partial charge < -0.3 is 5.11 Å². The number of hydrogen-bond donors (Lipinski definition) is 1. The van der Waals surface area contributed by atoms with E-state index >= 15 is 0 Å². The summed E-state index contributed by atoms with van der Waals surface area (Å²) in [5, 5.41) is 8.72. The number of aliphatic carboxylic acids is 1. The van der Waals surface area contributed by atoms with Crippen LogP contribution in [0.3, 0.4) is 0 Å². The van der Waals surface area contributed by atoms with E-state index in [0.717, 1.165) is 25.9 Å². The molecule has 0 amide bonds. The first-order chi connectivity index (χ1) is 5.75. The third-order valence-electron chi connectivity index (χ3n) is 2.46. The number of carboxylic acid groups (broad SMARTS) is 1. The van der Waals surface area contributed by atoms with Crippen molar-refractivity contribution in [3.05, 3.63) is 0 Å². The molecular formula is C9H17NO2. The Balaban J connectivity index is 2.12. The van der Waals surface area contributed by atoms with E-state index in [9.17, 15) is 4.79 Å². The minimum atomic E-state index is -0.655. The highest BCUT2D eigenvalue weighted by atomic mass is 16.4. The lowest BCUT2D eigenvalue weighted by Gasteiger charge is -2.37. The van der Waals surface area contributed by atoms with Gasteiger partial charge in [0.2, 0.25) is 0 Å². The molecule has 0 unspecified atom stereocenters. The average Bonchev–Trinajstić information content (AvgIpc) is 1.94. The van der Waals surface area contributed by atoms with E-state index < -0.39 is 5.97 Å². The van der Waals surface area contributed by atoms with Crippen LogP contribution in [0.5, 0.6) is 0 Å². The van der Waals surface area contributed by atoms with Crippen molar-refractivity contribution < 1.29 is 9.90 Å². The van der Waals surface area contributed by atoms with Gasteiger partial charge in [-0.25, -0.2) is 0 Å². The van der Waals surface area contributed by atoms with Crippen LogP contribution in [0.1, 0.15) is 32.6 Å². The van der Waals surface area contributed by atoms with Crippen LogP contribution in [0.2, 0.25) is 0 Å². The molecule has 0 aromatic rings. The van der Waals surface area contributed by atoms with Gasteiger partial charge in [-0.3, -0.25) is 9.69 Å². The third kappa shape index (κ3) is 2.21. The Bertz CT molecular complexity index is 159. The number of hydrogen-bond acceptors (Lipinski definition) is 2. The lowest BCUT2D eigenvalue weighted by Crippen LogP contribution is -2.52. The van der Waals surface area contributed by atoms with Crippen LogP contribution in [0, 0.1) is 0 Å². The smallest absolute Gasteiger partial charge is 0.320 e. The van der Waals surface area contributed by atoms with E-state index in [0.29, 0.717) is 0 Å². The number of nitrogens with zero attached hydrogens (tertiary/aromatic N) is 1. The van der Waals surface area contributed by atoms with Gasteiger partial charge in [0, 0.05) is 6.54 Å². The normalized spacial score (nSPS) is 23.6. The molecule has 1 aliphatic heterocycles. The average molecular weight is 171 g/mol. The summed E-state index contributed by atoms with van der Waals surface area (Å²) in [5.74, 6) is -0.655. The largest absolute Gasteiger partial charge is 0.480 e. The molecule has 0 saturated carbocycles. The first kappa shape index (κ1) is 9.52. The van der Waals surface area contributed by atoms with Crippen molar-refractivity contribution in [3.8, 4) is 0 Å². The number of carboxylic acids is 1. The molecule has 1 atom stereocenters. The predicted octanol–water partition coefficient (Wildman–Crippen LogP) is 1.34. The van der Waals surface area contributed by atoms with Crippen molar-refractivity contribution in [2.45, 2.75) is 38.6 Å². The maximum absolute atomic E-state index is 10.6. The second kappa shape index (κ2) is 4.45. The van der Waals surface area contributed by atoms with Crippen LogP contribution in [-0.2, 0) is 4.79 Å². The van der Waals surface area contributed by atoms with Gasteiger partial charge in [0.1, 0.15) is 6.04 Å². The summed E-state index contributed by atoms with van der Waals surface area (Å²) < 4.78 is 0. The monoisotopic (exact) mass is 171 g/mol. The van der Waals surface area contributed by atoms with Gasteiger partial charge in [0.05, 0.1) is 0 Å². The molecule has 1 aliphatic rings. The van der Waals surface area contributed by atoms with Crippen molar-refractivity contribution in [2.24, 2.45) is 0 Å². The zero-order valence-electron chi connectivity index (χ0n) is 7.62. The number of carbonyl (C=O) groups is 1. The topological polar surface area (TPSA) is 40.5 Å². The Morgan fingerprint density at radius 2 is 2.33 bits per heavy atom. The first-order valence-corrected chi connectivity index (χ1v) is 4.72. The van der Waals surface area contributed by atoms with Crippen molar-refractivity contribution in [1.82, 2.24) is 4.90 Å². The Labute approximate surface area is 73.4 Å². The van der Waals surface area contributed by atoms with E-state index in [2.05, 4.69) is 11.8 Å². The second-order valence-electron chi connectivity index (χ2n) is 3.39. The van der Waals surface area contributed by atoms with Crippen LogP contribution in [-0.4, -0.2) is 35.1 Å². The molecule has 3 heteroatoms. The Kier molecular flexibility index (Phi) is 3.53. The molecule has 1 fully saturated rings. The van der Waals surface area contributed by atoms with Crippen LogP contribution < -0.4 is 0 Å². The molecule has 1 heterocycles. The van der Waals surface area contributed by atoms with Gasteiger partial charge in [-0.2, -0.15) is 0 Å². The standard InChI is InChI=1S/C9H17NO2/c1-2-3-4-6-10-7-5-8(10)9(11)12/h8H,2-7H2,1H3,(H,11,12)/t8-/m0/s1. The van der Waals surface area contributed by atoms with Gasteiger partial charge in [-0.05, 0) is 19.4 Å². The van der Waals surface area contributed by atoms with Crippen LogP contribution in [0.4, 0.5) is 0 Å². The van der Waals surface area contributed by atoms with Crippen LogP contribution in [0.25, 0.3) is 0 Å². The fourth-order valence-electron chi connectivity index (χ4n) is 1.55. The summed E-state index contributed by atoms with van der Waals surface area (Å²) in [6, 6.07) is -0.179.